The van der Waals surface area contributed by atoms with E-state index in [1.54, 1.807) is 0 Å². The maximum Gasteiger partial charge on any atom is 0.131 e. The predicted octanol–water partition coefficient (Wildman–Crippen LogP) is 3.33. The van der Waals surface area contributed by atoms with E-state index in [2.05, 4.69) is 56.7 Å². The summed E-state index contributed by atoms with van der Waals surface area (Å²) in [5, 5.41) is 3.50. The van der Waals surface area contributed by atoms with Crippen molar-refractivity contribution in [1.82, 2.24) is 15.3 Å². The van der Waals surface area contributed by atoms with Crippen LogP contribution in [0.15, 0.2) is 6.20 Å². The summed E-state index contributed by atoms with van der Waals surface area (Å²) in [6.45, 7) is 15.2. The Morgan fingerprint density at radius 1 is 1.29 bits per heavy atom. The molecular weight excluding hydrogens is 260 g/mol. The molecule has 1 aromatic heterocycles. The van der Waals surface area contributed by atoms with Crippen molar-refractivity contribution < 1.29 is 0 Å². The fraction of sp³-hybridized carbons (Fsp3) is 0.765. The predicted molar refractivity (Wildman–Crippen MR) is 88.7 cm³/mol. The molecule has 2 heterocycles. The minimum Gasteiger partial charge on any atom is -0.366 e. The van der Waals surface area contributed by atoms with Crippen LogP contribution >= 0.6 is 0 Å². The van der Waals surface area contributed by atoms with Gasteiger partial charge in [-0.05, 0) is 19.3 Å². The molecule has 2 atom stereocenters. The quantitative estimate of drug-likeness (QED) is 0.903. The van der Waals surface area contributed by atoms with Crippen LogP contribution in [0.2, 0.25) is 0 Å². The van der Waals surface area contributed by atoms with Gasteiger partial charge in [0.25, 0.3) is 0 Å². The van der Waals surface area contributed by atoms with Crippen molar-refractivity contribution in [2.24, 2.45) is 5.92 Å². The Morgan fingerprint density at radius 3 is 2.52 bits per heavy atom. The summed E-state index contributed by atoms with van der Waals surface area (Å²) in [6.07, 6.45) is 3.29. The Kier molecular flexibility index (Phi) is 5.20. The van der Waals surface area contributed by atoms with Gasteiger partial charge >= 0.3 is 0 Å². The van der Waals surface area contributed by atoms with E-state index in [0.29, 0.717) is 18.0 Å². The van der Waals surface area contributed by atoms with E-state index in [4.69, 9.17) is 4.98 Å². The summed E-state index contributed by atoms with van der Waals surface area (Å²) in [6, 6.07) is 1.04. The molecular formula is C17H30N4. The average molecular weight is 290 g/mol. The first-order valence-electron chi connectivity index (χ1n) is 8.24. The maximum atomic E-state index is 4.83. The van der Waals surface area contributed by atoms with Crippen LogP contribution in [0.4, 0.5) is 5.69 Å². The first-order valence-corrected chi connectivity index (χ1v) is 8.24. The molecule has 1 aromatic rings. The van der Waals surface area contributed by atoms with E-state index in [1.807, 2.05) is 6.20 Å². The monoisotopic (exact) mass is 290 g/mol. The molecule has 0 spiro atoms. The van der Waals surface area contributed by atoms with Crippen LogP contribution in [0.25, 0.3) is 0 Å². The standard InChI is InChI=1S/C17H30N4/c1-11(2)17-19-9-16(15(20-17)8-18-12(3)4)21-10-13(5)7-14(21)6/h9,11-14,18H,7-8,10H2,1-6H3. The highest BCUT2D eigenvalue weighted by atomic mass is 15.2. The third-order valence-electron chi connectivity index (χ3n) is 4.15. The van der Waals surface area contributed by atoms with Gasteiger partial charge in [-0.1, -0.05) is 34.6 Å². The van der Waals surface area contributed by atoms with Gasteiger partial charge in [0.1, 0.15) is 5.82 Å². The molecule has 0 radical (unpaired) electrons. The molecule has 1 fully saturated rings. The molecule has 4 nitrogen and oxygen atoms in total. The molecule has 0 aliphatic carbocycles. The molecule has 21 heavy (non-hydrogen) atoms. The van der Waals surface area contributed by atoms with Gasteiger partial charge in [0.2, 0.25) is 0 Å². The highest BCUT2D eigenvalue weighted by Crippen LogP contribution is 2.30. The lowest BCUT2D eigenvalue weighted by molar-refractivity contribution is 0.574. The Bertz CT molecular complexity index is 470. The van der Waals surface area contributed by atoms with Crippen molar-refractivity contribution in [3.63, 3.8) is 0 Å². The van der Waals surface area contributed by atoms with E-state index < -0.39 is 0 Å². The van der Waals surface area contributed by atoms with Crippen molar-refractivity contribution >= 4 is 5.69 Å². The topological polar surface area (TPSA) is 41.1 Å². The molecule has 2 unspecified atom stereocenters. The van der Waals surface area contributed by atoms with Gasteiger partial charge in [-0.15, -0.1) is 0 Å². The van der Waals surface area contributed by atoms with Gasteiger partial charge in [0.15, 0.2) is 0 Å². The molecule has 0 amide bonds. The zero-order valence-corrected chi connectivity index (χ0v) is 14.3. The van der Waals surface area contributed by atoms with Gasteiger partial charge in [-0.2, -0.15) is 0 Å². The molecule has 2 rings (SSSR count). The second kappa shape index (κ2) is 6.73. The Morgan fingerprint density at radius 2 is 2.00 bits per heavy atom. The van der Waals surface area contributed by atoms with Crippen molar-refractivity contribution in [2.45, 2.75) is 72.5 Å². The lowest BCUT2D eigenvalue weighted by Crippen LogP contribution is -2.30. The number of aromatic nitrogens is 2. The van der Waals surface area contributed by atoms with Crippen LogP contribution in [0.5, 0.6) is 0 Å². The molecule has 118 valence electrons. The van der Waals surface area contributed by atoms with Gasteiger partial charge in [0.05, 0.1) is 17.6 Å². The summed E-state index contributed by atoms with van der Waals surface area (Å²) in [7, 11) is 0. The lowest BCUT2D eigenvalue weighted by atomic mass is 10.1. The first-order chi connectivity index (χ1) is 9.88. The van der Waals surface area contributed by atoms with Crippen LogP contribution in [0.3, 0.4) is 0 Å². The SMILES string of the molecule is CC1CC(C)N(c2cnc(C(C)C)nc2CNC(C)C)C1. The van der Waals surface area contributed by atoms with Crippen LogP contribution in [0.1, 0.15) is 65.4 Å². The Labute approximate surface area is 129 Å². The number of anilines is 1. The lowest BCUT2D eigenvalue weighted by Gasteiger charge is -2.26. The van der Waals surface area contributed by atoms with E-state index in [0.717, 1.165) is 30.5 Å². The maximum absolute atomic E-state index is 4.83. The Hall–Kier alpha value is -1.16. The molecule has 1 aliphatic heterocycles. The summed E-state index contributed by atoms with van der Waals surface area (Å²) in [5.74, 6) is 2.06. The molecule has 1 saturated heterocycles. The van der Waals surface area contributed by atoms with Crippen molar-refractivity contribution in [3.05, 3.63) is 17.7 Å². The van der Waals surface area contributed by atoms with Gasteiger partial charge in [-0.25, -0.2) is 9.97 Å². The minimum absolute atomic E-state index is 0.367. The van der Waals surface area contributed by atoms with Gasteiger partial charge in [-0.3, -0.25) is 0 Å². The smallest absolute Gasteiger partial charge is 0.131 e. The van der Waals surface area contributed by atoms with Crippen LogP contribution in [-0.2, 0) is 6.54 Å². The van der Waals surface area contributed by atoms with Crippen molar-refractivity contribution in [3.8, 4) is 0 Å². The molecule has 0 saturated carbocycles. The van der Waals surface area contributed by atoms with E-state index in [1.165, 1.54) is 12.1 Å². The van der Waals surface area contributed by atoms with Crippen molar-refractivity contribution in [2.75, 3.05) is 11.4 Å². The number of nitrogens with zero attached hydrogens (tertiary/aromatic N) is 3. The molecule has 0 bridgehead atoms. The van der Waals surface area contributed by atoms with Gasteiger partial charge in [0, 0.05) is 31.1 Å². The van der Waals surface area contributed by atoms with Gasteiger partial charge < -0.3 is 10.2 Å². The summed E-state index contributed by atoms with van der Waals surface area (Å²) >= 11 is 0. The fourth-order valence-corrected chi connectivity index (χ4v) is 3.01. The zero-order valence-electron chi connectivity index (χ0n) is 14.3. The highest BCUT2D eigenvalue weighted by molar-refractivity contribution is 5.51. The normalized spacial score (nSPS) is 22.6. The third kappa shape index (κ3) is 3.94. The molecule has 0 aromatic carbocycles. The summed E-state index contributed by atoms with van der Waals surface area (Å²) in [5.41, 5.74) is 2.35. The summed E-state index contributed by atoms with van der Waals surface area (Å²) in [4.78, 5) is 11.9. The van der Waals surface area contributed by atoms with E-state index in [-0.39, 0.29) is 0 Å². The molecule has 1 aliphatic rings. The number of rotatable bonds is 5. The first kappa shape index (κ1) is 16.2. The van der Waals surface area contributed by atoms with Crippen molar-refractivity contribution in [1.29, 1.82) is 0 Å². The van der Waals surface area contributed by atoms with Crippen LogP contribution < -0.4 is 10.2 Å². The number of nitrogens with one attached hydrogen (secondary N) is 1. The average Bonchev–Trinajstić information content (AvgIpc) is 2.74. The highest BCUT2D eigenvalue weighted by Gasteiger charge is 2.28. The Balaban J connectivity index is 2.30. The zero-order chi connectivity index (χ0) is 15.6. The largest absolute Gasteiger partial charge is 0.366 e. The molecule has 4 heteroatoms. The minimum atomic E-state index is 0.367. The second-order valence-electron chi connectivity index (χ2n) is 7.09. The molecule has 1 N–H and O–H groups in total. The number of hydrogen-bond donors (Lipinski definition) is 1. The number of hydrogen-bond acceptors (Lipinski definition) is 4. The van der Waals surface area contributed by atoms with E-state index in [9.17, 15) is 0 Å². The summed E-state index contributed by atoms with van der Waals surface area (Å²) < 4.78 is 0. The third-order valence-corrected chi connectivity index (χ3v) is 4.15. The second-order valence-corrected chi connectivity index (χ2v) is 7.09. The fourth-order valence-electron chi connectivity index (χ4n) is 3.01. The van der Waals surface area contributed by atoms with Crippen LogP contribution in [-0.4, -0.2) is 28.6 Å². The van der Waals surface area contributed by atoms with Crippen LogP contribution in [0, 0.1) is 5.92 Å². The van der Waals surface area contributed by atoms with E-state index >= 15 is 0 Å².